The topological polar surface area (TPSA) is 26.4 Å². The largest absolute Gasteiger partial charge is 0.288 e. The lowest BCUT2D eigenvalue weighted by atomic mass is 10.1. The van der Waals surface area contributed by atoms with Crippen molar-refractivity contribution in [2.24, 2.45) is 0 Å². The first-order valence-corrected chi connectivity index (χ1v) is 11.3. The number of thiazole rings is 1. The standard InChI is InChI=1S/C23H13Cl2FN2OS2/c24-16-8-3-1-6-13(16)20-21-27(12-15-17(25)9-5-10-18(15)26)22(29)14-7-2-4-11-19(14)28(21)23(30)31-20/h1-11H,12H2. The molecule has 5 rings (SSSR count). The fourth-order valence-electron chi connectivity index (χ4n) is 3.72. The Morgan fingerprint density at radius 1 is 0.935 bits per heavy atom. The first kappa shape index (κ1) is 20.4. The van der Waals surface area contributed by atoms with Crippen LogP contribution in [-0.2, 0) is 6.54 Å². The molecule has 0 bridgehead atoms. The summed E-state index contributed by atoms with van der Waals surface area (Å²) in [7, 11) is 0. The monoisotopic (exact) mass is 486 g/mol. The predicted octanol–water partition coefficient (Wildman–Crippen LogP) is 7.21. The van der Waals surface area contributed by atoms with Gasteiger partial charge in [0.1, 0.15) is 11.5 Å². The molecule has 2 heterocycles. The van der Waals surface area contributed by atoms with Gasteiger partial charge in [0.25, 0.3) is 5.56 Å². The molecule has 0 saturated heterocycles. The minimum Gasteiger partial charge on any atom is -0.288 e. The van der Waals surface area contributed by atoms with Crippen LogP contribution < -0.4 is 5.56 Å². The molecular weight excluding hydrogens is 474 g/mol. The molecule has 0 spiro atoms. The summed E-state index contributed by atoms with van der Waals surface area (Å²) >= 11 is 19.8. The van der Waals surface area contributed by atoms with Crippen molar-refractivity contribution >= 4 is 63.3 Å². The number of benzene rings is 3. The Hall–Kier alpha value is -2.51. The lowest BCUT2D eigenvalue weighted by Gasteiger charge is -2.15. The molecular formula is C23H13Cl2FN2OS2. The van der Waals surface area contributed by atoms with E-state index < -0.39 is 5.82 Å². The SMILES string of the molecule is O=c1c2ccccc2n2c(=S)sc(-c3ccccc3Cl)c2n1Cc1c(F)cccc1Cl. The van der Waals surface area contributed by atoms with Gasteiger partial charge in [0.15, 0.2) is 3.95 Å². The van der Waals surface area contributed by atoms with Gasteiger partial charge in [-0.15, -0.1) is 11.3 Å². The van der Waals surface area contributed by atoms with Gasteiger partial charge >= 0.3 is 0 Å². The van der Waals surface area contributed by atoms with Crippen LogP contribution in [-0.4, -0.2) is 8.97 Å². The third-order valence-electron chi connectivity index (χ3n) is 5.16. The van der Waals surface area contributed by atoms with Gasteiger partial charge in [-0.25, -0.2) is 4.39 Å². The molecule has 0 fully saturated rings. The molecule has 3 nitrogen and oxygen atoms in total. The predicted molar refractivity (Wildman–Crippen MR) is 129 cm³/mol. The van der Waals surface area contributed by atoms with Gasteiger partial charge < -0.3 is 0 Å². The zero-order valence-electron chi connectivity index (χ0n) is 15.8. The molecule has 0 saturated carbocycles. The van der Waals surface area contributed by atoms with Crippen LogP contribution in [0.15, 0.2) is 71.5 Å². The van der Waals surface area contributed by atoms with Gasteiger partial charge in [-0.05, 0) is 42.5 Å². The smallest absolute Gasteiger partial charge is 0.261 e. The molecule has 0 aliphatic heterocycles. The summed E-state index contributed by atoms with van der Waals surface area (Å²) < 4.78 is 18.6. The number of rotatable bonds is 3. The summed E-state index contributed by atoms with van der Waals surface area (Å²) in [6.07, 6.45) is 0. The van der Waals surface area contributed by atoms with Crippen molar-refractivity contribution in [3.8, 4) is 10.4 Å². The van der Waals surface area contributed by atoms with E-state index in [1.54, 1.807) is 24.3 Å². The zero-order valence-corrected chi connectivity index (χ0v) is 19.0. The molecule has 2 aromatic heterocycles. The molecule has 3 aromatic carbocycles. The third-order valence-corrected chi connectivity index (χ3v) is 7.24. The summed E-state index contributed by atoms with van der Waals surface area (Å²) in [5.41, 5.74) is 2.00. The summed E-state index contributed by atoms with van der Waals surface area (Å²) in [6.45, 7) is -0.0400. The molecule has 0 radical (unpaired) electrons. The second-order valence-corrected chi connectivity index (χ2v) is 9.40. The molecule has 0 N–H and O–H groups in total. The quantitative estimate of drug-likeness (QED) is 0.252. The Morgan fingerprint density at radius 3 is 2.42 bits per heavy atom. The van der Waals surface area contributed by atoms with Crippen LogP contribution in [0.25, 0.3) is 27.0 Å². The molecule has 0 amide bonds. The Morgan fingerprint density at radius 2 is 1.65 bits per heavy atom. The van der Waals surface area contributed by atoms with E-state index in [2.05, 4.69) is 0 Å². The van der Waals surface area contributed by atoms with Crippen molar-refractivity contribution in [2.45, 2.75) is 6.54 Å². The number of hydrogen-bond donors (Lipinski definition) is 0. The van der Waals surface area contributed by atoms with E-state index in [9.17, 15) is 9.18 Å². The lowest BCUT2D eigenvalue weighted by molar-refractivity contribution is 0.599. The van der Waals surface area contributed by atoms with Crippen molar-refractivity contribution < 1.29 is 4.39 Å². The van der Waals surface area contributed by atoms with Crippen LogP contribution >= 0.6 is 46.8 Å². The van der Waals surface area contributed by atoms with Gasteiger partial charge in [-0.2, -0.15) is 0 Å². The normalized spacial score (nSPS) is 11.5. The Kier molecular flexibility index (Phi) is 5.18. The Labute approximate surface area is 195 Å². The molecule has 0 unspecified atom stereocenters. The lowest BCUT2D eigenvalue weighted by Crippen LogP contribution is -2.24. The minimum atomic E-state index is -0.473. The van der Waals surface area contributed by atoms with E-state index in [4.69, 9.17) is 35.4 Å². The van der Waals surface area contributed by atoms with Crippen LogP contribution in [0.1, 0.15) is 5.56 Å². The summed E-state index contributed by atoms with van der Waals surface area (Å²) in [5.74, 6) is -0.473. The molecule has 0 atom stereocenters. The highest BCUT2D eigenvalue weighted by Gasteiger charge is 2.21. The average Bonchev–Trinajstić information content (AvgIpc) is 3.10. The Bertz CT molecular complexity index is 1580. The number of aromatic nitrogens is 2. The molecule has 0 aliphatic carbocycles. The second kappa shape index (κ2) is 7.88. The van der Waals surface area contributed by atoms with Gasteiger partial charge in [0.2, 0.25) is 0 Å². The summed E-state index contributed by atoms with van der Waals surface area (Å²) in [5, 5.41) is 1.28. The summed E-state index contributed by atoms with van der Waals surface area (Å²) in [4.78, 5) is 14.3. The number of fused-ring (bicyclic) bond motifs is 3. The van der Waals surface area contributed by atoms with E-state index >= 15 is 0 Å². The molecule has 5 aromatic rings. The van der Waals surface area contributed by atoms with Gasteiger partial charge in [-0.3, -0.25) is 13.8 Å². The fourth-order valence-corrected chi connectivity index (χ4v) is 5.70. The Balaban J connectivity index is 1.96. The van der Waals surface area contributed by atoms with Crippen molar-refractivity contribution in [2.75, 3.05) is 0 Å². The van der Waals surface area contributed by atoms with E-state index in [0.717, 1.165) is 10.4 Å². The highest BCUT2D eigenvalue weighted by molar-refractivity contribution is 7.73. The fraction of sp³-hybridized carbons (Fsp3) is 0.0435. The molecule has 8 heteroatoms. The van der Waals surface area contributed by atoms with Crippen LogP contribution in [0.3, 0.4) is 0 Å². The maximum atomic E-state index is 14.6. The second-order valence-electron chi connectivity index (χ2n) is 6.94. The highest BCUT2D eigenvalue weighted by Crippen LogP contribution is 2.37. The van der Waals surface area contributed by atoms with Crippen LogP contribution in [0, 0.1) is 9.77 Å². The van der Waals surface area contributed by atoms with Gasteiger partial charge in [0, 0.05) is 21.2 Å². The van der Waals surface area contributed by atoms with Gasteiger partial charge in [-0.1, -0.05) is 59.6 Å². The van der Waals surface area contributed by atoms with Crippen molar-refractivity contribution in [3.05, 3.63) is 102 Å². The maximum absolute atomic E-state index is 14.6. The number of para-hydroxylation sites is 1. The van der Waals surface area contributed by atoms with E-state index in [1.807, 2.05) is 34.7 Å². The maximum Gasteiger partial charge on any atom is 0.261 e. The number of hydrogen-bond acceptors (Lipinski definition) is 3. The average molecular weight is 487 g/mol. The van der Waals surface area contributed by atoms with E-state index in [-0.39, 0.29) is 22.7 Å². The first-order chi connectivity index (χ1) is 15.0. The van der Waals surface area contributed by atoms with Gasteiger partial charge in [0.05, 0.1) is 22.3 Å². The highest BCUT2D eigenvalue weighted by atomic mass is 35.5. The molecule has 31 heavy (non-hydrogen) atoms. The number of halogens is 3. The molecule has 154 valence electrons. The first-order valence-electron chi connectivity index (χ1n) is 9.32. The zero-order chi connectivity index (χ0) is 21.7. The minimum absolute atomic E-state index is 0.0400. The van der Waals surface area contributed by atoms with Crippen molar-refractivity contribution in [1.82, 2.24) is 8.97 Å². The van der Waals surface area contributed by atoms with Crippen molar-refractivity contribution in [1.29, 1.82) is 0 Å². The van der Waals surface area contributed by atoms with Crippen molar-refractivity contribution in [3.63, 3.8) is 0 Å². The number of nitrogens with zero attached hydrogens (tertiary/aromatic N) is 2. The third kappa shape index (κ3) is 3.31. The van der Waals surface area contributed by atoms with Crippen LogP contribution in [0.4, 0.5) is 4.39 Å². The molecule has 0 aliphatic rings. The van der Waals surface area contributed by atoms with Crippen LogP contribution in [0.5, 0.6) is 0 Å². The van der Waals surface area contributed by atoms with E-state index in [0.29, 0.717) is 25.5 Å². The summed E-state index contributed by atoms with van der Waals surface area (Å²) in [6, 6.07) is 19.1. The van der Waals surface area contributed by atoms with Crippen LogP contribution in [0.2, 0.25) is 10.0 Å². The van der Waals surface area contributed by atoms with E-state index in [1.165, 1.54) is 28.0 Å².